The molecular formula is C14H11BrO2. The van der Waals surface area contributed by atoms with Gasteiger partial charge in [-0.15, -0.1) is 0 Å². The summed E-state index contributed by atoms with van der Waals surface area (Å²) in [6.45, 7) is 0. The van der Waals surface area contributed by atoms with E-state index in [2.05, 4.69) is 15.9 Å². The monoisotopic (exact) mass is 290 g/mol. The number of hydrogen-bond acceptors (Lipinski definition) is 1. The number of aromatic carboxylic acids is 1. The standard InChI is InChI=1S/C14H11BrO2/c15-13-8-4-2-6-11(13)9-10-5-1-3-7-12(10)14(16)17/h1-8H,9H2,(H,16,17). The van der Waals surface area contributed by atoms with Crippen LogP contribution in [0.25, 0.3) is 0 Å². The van der Waals surface area contributed by atoms with E-state index in [4.69, 9.17) is 5.11 Å². The highest BCUT2D eigenvalue weighted by molar-refractivity contribution is 9.10. The molecule has 0 atom stereocenters. The van der Waals surface area contributed by atoms with Crippen LogP contribution in [-0.4, -0.2) is 11.1 Å². The van der Waals surface area contributed by atoms with Crippen molar-refractivity contribution >= 4 is 21.9 Å². The maximum atomic E-state index is 11.1. The van der Waals surface area contributed by atoms with Gasteiger partial charge >= 0.3 is 5.97 Å². The fourth-order valence-electron chi connectivity index (χ4n) is 1.73. The van der Waals surface area contributed by atoms with E-state index in [0.717, 1.165) is 15.6 Å². The van der Waals surface area contributed by atoms with Crippen LogP contribution in [0.15, 0.2) is 53.0 Å². The molecule has 2 nitrogen and oxygen atoms in total. The van der Waals surface area contributed by atoms with Gasteiger partial charge in [0.2, 0.25) is 0 Å². The third kappa shape index (κ3) is 2.74. The second-order valence-corrected chi connectivity index (χ2v) is 4.58. The minimum atomic E-state index is -0.882. The van der Waals surface area contributed by atoms with Crippen molar-refractivity contribution in [3.05, 3.63) is 69.7 Å². The number of rotatable bonds is 3. The van der Waals surface area contributed by atoms with Gasteiger partial charge in [0.1, 0.15) is 0 Å². The molecule has 0 heterocycles. The molecule has 86 valence electrons. The van der Waals surface area contributed by atoms with Crippen LogP contribution in [-0.2, 0) is 6.42 Å². The Labute approximate surface area is 108 Å². The molecule has 0 saturated heterocycles. The van der Waals surface area contributed by atoms with Gasteiger partial charge in [0.25, 0.3) is 0 Å². The predicted octanol–water partition coefficient (Wildman–Crippen LogP) is 3.74. The smallest absolute Gasteiger partial charge is 0.335 e. The lowest BCUT2D eigenvalue weighted by atomic mass is 10.00. The minimum absolute atomic E-state index is 0.364. The molecule has 17 heavy (non-hydrogen) atoms. The quantitative estimate of drug-likeness (QED) is 0.935. The van der Waals surface area contributed by atoms with Crippen molar-refractivity contribution in [3.8, 4) is 0 Å². The summed E-state index contributed by atoms with van der Waals surface area (Å²) in [5.41, 5.74) is 2.27. The fourth-order valence-corrected chi connectivity index (χ4v) is 2.16. The summed E-state index contributed by atoms with van der Waals surface area (Å²) in [4.78, 5) is 11.1. The van der Waals surface area contributed by atoms with E-state index in [0.29, 0.717) is 12.0 Å². The lowest BCUT2D eigenvalue weighted by Gasteiger charge is -2.07. The lowest BCUT2D eigenvalue weighted by Crippen LogP contribution is -2.02. The first kappa shape index (κ1) is 11.9. The second-order valence-electron chi connectivity index (χ2n) is 3.73. The summed E-state index contributed by atoms with van der Waals surface area (Å²) in [7, 11) is 0. The normalized spacial score (nSPS) is 10.2. The van der Waals surface area contributed by atoms with Gasteiger partial charge < -0.3 is 5.11 Å². The summed E-state index contributed by atoms with van der Waals surface area (Å²) < 4.78 is 1.00. The molecular weight excluding hydrogens is 280 g/mol. The molecule has 3 heteroatoms. The molecule has 0 aliphatic carbocycles. The highest BCUT2D eigenvalue weighted by Gasteiger charge is 2.10. The van der Waals surface area contributed by atoms with Crippen LogP contribution in [0.5, 0.6) is 0 Å². The van der Waals surface area contributed by atoms with Gasteiger partial charge in [0, 0.05) is 4.47 Å². The largest absolute Gasteiger partial charge is 0.478 e. The van der Waals surface area contributed by atoms with Crippen molar-refractivity contribution < 1.29 is 9.90 Å². The molecule has 0 saturated carbocycles. The van der Waals surface area contributed by atoms with Crippen LogP contribution in [0, 0.1) is 0 Å². The Hall–Kier alpha value is -1.61. The number of halogens is 1. The minimum Gasteiger partial charge on any atom is -0.478 e. The first-order valence-electron chi connectivity index (χ1n) is 5.23. The Kier molecular flexibility index (Phi) is 3.59. The van der Waals surface area contributed by atoms with Gasteiger partial charge in [-0.05, 0) is 29.7 Å². The summed E-state index contributed by atoms with van der Waals surface area (Å²) >= 11 is 3.47. The Morgan fingerprint density at radius 2 is 1.59 bits per heavy atom. The van der Waals surface area contributed by atoms with Crippen molar-refractivity contribution in [2.75, 3.05) is 0 Å². The van der Waals surface area contributed by atoms with E-state index in [-0.39, 0.29) is 0 Å². The maximum Gasteiger partial charge on any atom is 0.335 e. The zero-order valence-electron chi connectivity index (χ0n) is 9.06. The third-order valence-corrected chi connectivity index (χ3v) is 3.36. The molecule has 0 aliphatic rings. The average molecular weight is 291 g/mol. The van der Waals surface area contributed by atoms with E-state index < -0.39 is 5.97 Å². The Morgan fingerprint density at radius 1 is 1.00 bits per heavy atom. The van der Waals surface area contributed by atoms with Crippen LogP contribution in [0.3, 0.4) is 0 Å². The van der Waals surface area contributed by atoms with Gasteiger partial charge in [-0.2, -0.15) is 0 Å². The third-order valence-electron chi connectivity index (χ3n) is 2.59. The molecule has 0 aliphatic heterocycles. The molecule has 0 spiro atoms. The maximum absolute atomic E-state index is 11.1. The van der Waals surface area contributed by atoms with Crippen LogP contribution < -0.4 is 0 Å². The Morgan fingerprint density at radius 3 is 2.24 bits per heavy atom. The fraction of sp³-hybridized carbons (Fsp3) is 0.0714. The van der Waals surface area contributed by atoms with Crippen molar-refractivity contribution in [2.24, 2.45) is 0 Å². The lowest BCUT2D eigenvalue weighted by molar-refractivity contribution is 0.0696. The van der Waals surface area contributed by atoms with Crippen molar-refractivity contribution in [2.45, 2.75) is 6.42 Å². The molecule has 1 N–H and O–H groups in total. The van der Waals surface area contributed by atoms with E-state index >= 15 is 0 Å². The zero-order chi connectivity index (χ0) is 12.3. The van der Waals surface area contributed by atoms with Crippen molar-refractivity contribution in [1.29, 1.82) is 0 Å². The number of hydrogen-bond donors (Lipinski definition) is 1. The molecule has 2 rings (SSSR count). The summed E-state index contributed by atoms with van der Waals surface area (Å²) in [6.07, 6.45) is 0.615. The summed E-state index contributed by atoms with van der Waals surface area (Å²) in [5.74, 6) is -0.882. The second kappa shape index (κ2) is 5.15. The molecule has 0 bridgehead atoms. The Balaban J connectivity index is 2.37. The van der Waals surface area contributed by atoms with Crippen LogP contribution in [0.4, 0.5) is 0 Å². The first-order chi connectivity index (χ1) is 8.18. The molecule has 0 aromatic heterocycles. The first-order valence-corrected chi connectivity index (χ1v) is 6.02. The molecule has 0 amide bonds. The highest BCUT2D eigenvalue weighted by Crippen LogP contribution is 2.21. The van der Waals surface area contributed by atoms with E-state index in [1.54, 1.807) is 12.1 Å². The van der Waals surface area contributed by atoms with Crippen molar-refractivity contribution in [1.82, 2.24) is 0 Å². The van der Waals surface area contributed by atoms with Gasteiger partial charge in [0.15, 0.2) is 0 Å². The molecule has 2 aromatic rings. The van der Waals surface area contributed by atoms with E-state index in [1.807, 2.05) is 36.4 Å². The molecule has 2 aromatic carbocycles. The summed E-state index contributed by atoms with van der Waals surface area (Å²) in [5, 5.41) is 9.10. The van der Waals surface area contributed by atoms with Gasteiger partial charge in [-0.1, -0.05) is 52.3 Å². The zero-order valence-corrected chi connectivity index (χ0v) is 10.6. The van der Waals surface area contributed by atoms with Gasteiger partial charge in [0.05, 0.1) is 5.56 Å². The molecule has 0 fully saturated rings. The molecule has 0 unspecified atom stereocenters. The number of benzene rings is 2. The highest BCUT2D eigenvalue weighted by atomic mass is 79.9. The van der Waals surface area contributed by atoms with Gasteiger partial charge in [-0.25, -0.2) is 4.79 Å². The summed E-state index contributed by atoms with van der Waals surface area (Å²) in [6, 6.07) is 14.9. The number of carboxylic acid groups (broad SMARTS) is 1. The van der Waals surface area contributed by atoms with E-state index in [9.17, 15) is 4.79 Å². The Bertz CT molecular complexity index is 549. The number of carbonyl (C=O) groups is 1. The van der Waals surface area contributed by atoms with Crippen LogP contribution in [0.2, 0.25) is 0 Å². The van der Waals surface area contributed by atoms with E-state index in [1.165, 1.54) is 0 Å². The van der Waals surface area contributed by atoms with Gasteiger partial charge in [-0.3, -0.25) is 0 Å². The van der Waals surface area contributed by atoms with Crippen molar-refractivity contribution in [3.63, 3.8) is 0 Å². The SMILES string of the molecule is O=C(O)c1ccccc1Cc1ccccc1Br. The average Bonchev–Trinajstić information content (AvgIpc) is 2.32. The van der Waals surface area contributed by atoms with Crippen LogP contribution >= 0.6 is 15.9 Å². The predicted molar refractivity (Wildman–Crippen MR) is 70.3 cm³/mol. The number of carboxylic acids is 1. The molecule has 0 radical (unpaired) electrons. The topological polar surface area (TPSA) is 37.3 Å². The van der Waals surface area contributed by atoms with Crippen LogP contribution in [0.1, 0.15) is 21.5 Å².